The minimum absolute atomic E-state index is 0.0362. The second-order valence-corrected chi connectivity index (χ2v) is 14.0. The molecule has 0 aromatic rings. The minimum atomic E-state index is -1.94. The Bertz CT molecular complexity index is 348. The topological polar surface area (TPSA) is 26.3 Å². The van der Waals surface area contributed by atoms with E-state index in [4.69, 9.17) is 4.43 Å². The third-order valence-corrected chi connectivity index (χ3v) is 12.0. The maximum atomic E-state index is 12.1. The summed E-state index contributed by atoms with van der Waals surface area (Å²) in [6.45, 7) is 20.2. The Morgan fingerprint density at radius 2 is 1.65 bits per heavy atom. The number of ketones is 1. The number of hydrogen-bond donors (Lipinski definition) is 0. The number of hydrogen-bond acceptors (Lipinski definition) is 2. The quantitative estimate of drug-likeness (QED) is 0.671. The molecule has 3 atom stereocenters. The van der Waals surface area contributed by atoms with E-state index in [9.17, 15) is 4.79 Å². The third kappa shape index (κ3) is 2.89. The Hall–Kier alpha value is -0.153. The van der Waals surface area contributed by atoms with Gasteiger partial charge in [0.2, 0.25) is 8.32 Å². The van der Waals surface area contributed by atoms with Crippen molar-refractivity contribution in [3.8, 4) is 0 Å². The van der Waals surface area contributed by atoms with Crippen LogP contribution in [0.4, 0.5) is 0 Å². The van der Waals surface area contributed by atoms with Crippen molar-refractivity contribution in [2.45, 2.75) is 91.0 Å². The SMILES string of the molecule is CCC(=O)[C@H](C)[C@@H]1O[Si](C(C)(C)C)(C(C)(C)C)C[C@H]1C. The van der Waals surface area contributed by atoms with Crippen LogP contribution < -0.4 is 0 Å². The van der Waals surface area contributed by atoms with Gasteiger partial charge in [0.05, 0.1) is 6.10 Å². The van der Waals surface area contributed by atoms with Crippen molar-refractivity contribution < 1.29 is 9.22 Å². The maximum absolute atomic E-state index is 12.1. The number of rotatable bonds is 3. The summed E-state index contributed by atoms with van der Waals surface area (Å²) in [5, 5.41) is 0.395. The molecule has 0 radical (unpaired) electrons. The molecule has 0 aromatic carbocycles. The standard InChI is InChI=1S/C17H34O2Si/c1-10-14(18)13(3)15-12(2)11-20(19-15,16(4,5)6)17(7,8)9/h12-13,15H,10-11H2,1-9H3/t12-,13+,15-/m1/s1. The number of carbonyl (C=O) groups excluding carboxylic acids is 1. The van der Waals surface area contributed by atoms with Crippen LogP contribution in [0.1, 0.15) is 68.7 Å². The van der Waals surface area contributed by atoms with E-state index in [0.29, 0.717) is 18.1 Å². The van der Waals surface area contributed by atoms with Gasteiger partial charge >= 0.3 is 0 Å². The van der Waals surface area contributed by atoms with Gasteiger partial charge in [-0.2, -0.15) is 0 Å². The van der Waals surface area contributed by atoms with Crippen molar-refractivity contribution in [3.05, 3.63) is 0 Å². The van der Waals surface area contributed by atoms with Crippen LogP contribution in [0, 0.1) is 11.8 Å². The molecule has 1 fully saturated rings. The normalized spacial score (nSPS) is 28.4. The van der Waals surface area contributed by atoms with Crippen LogP contribution in [0.5, 0.6) is 0 Å². The van der Waals surface area contributed by atoms with Crippen LogP contribution in [0.25, 0.3) is 0 Å². The summed E-state index contributed by atoms with van der Waals surface area (Å²) in [4.78, 5) is 12.1. The van der Waals surface area contributed by atoms with Crippen molar-refractivity contribution in [3.63, 3.8) is 0 Å². The van der Waals surface area contributed by atoms with Crippen molar-refractivity contribution >= 4 is 14.1 Å². The van der Waals surface area contributed by atoms with Crippen LogP contribution in [-0.4, -0.2) is 20.2 Å². The van der Waals surface area contributed by atoms with Gasteiger partial charge in [-0.3, -0.25) is 4.79 Å². The average Bonchev–Trinajstić information content (AvgIpc) is 2.65. The molecule has 20 heavy (non-hydrogen) atoms. The van der Waals surface area contributed by atoms with Crippen molar-refractivity contribution in [1.82, 2.24) is 0 Å². The third-order valence-electron chi connectivity index (χ3n) is 5.28. The second-order valence-electron chi connectivity index (χ2n) is 8.70. The molecule has 1 rings (SSSR count). The highest BCUT2D eigenvalue weighted by molar-refractivity contribution is 6.80. The molecule has 0 unspecified atom stereocenters. The molecule has 0 N–H and O–H groups in total. The fourth-order valence-electron chi connectivity index (χ4n) is 4.16. The Kier molecular flexibility index (Phi) is 4.98. The zero-order valence-electron chi connectivity index (χ0n) is 15.0. The minimum Gasteiger partial charge on any atom is -0.412 e. The van der Waals surface area contributed by atoms with E-state index in [-0.39, 0.29) is 22.1 Å². The lowest BCUT2D eigenvalue weighted by Gasteiger charge is -2.48. The first-order valence-corrected chi connectivity index (χ1v) is 10.2. The Morgan fingerprint density at radius 3 is 1.95 bits per heavy atom. The van der Waals surface area contributed by atoms with Crippen LogP contribution in [0.3, 0.4) is 0 Å². The highest BCUT2D eigenvalue weighted by Crippen LogP contribution is 2.59. The highest BCUT2D eigenvalue weighted by atomic mass is 28.4. The summed E-state index contributed by atoms with van der Waals surface area (Å²) in [7, 11) is -1.94. The molecule has 0 spiro atoms. The summed E-state index contributed by atoms with van der Waals surface area (Å²) >= 11 is 0. The molecular weight excluding hydrogens is 264 g/mol. The number of carbonyl (C=O) groups is 1. The molecule has 0 amide bonds. The average molecular weight is 299 g/mol. The van der Waals surface area contributed by atoms with Gasteiger partial charge in [0.25, 0.3) is 0 Å². The van der Waals surface area contributed by atoms with E-state index in [1.165, 1.54) is 6.04 Å². The van der Waals surface area contributed by atoms with E-state index in [1.807, 2.05) is 6.92 Å². The highest BCUT2D eigenvalue weighted by Gasteiger charge is 2.61. The largest absolute Gasteiger partial charge is 0.412 e. The Morgan fingerprint density at radius 1 is 1.20 bits per heavy atom. The van der Waals surface area contributed by atoms with Gasteiger partial charge in [-0.05, 0) is 22.0 Å². The molecule has 1 aliphatic rings. The molecule has 118 valence electrons. The van der Waals surface area contributed by atoms with Crippen LogP contribution in [0.2, 0.25) is 16.1 Å². The van der Waals surface area contributed by atoms with Gasteiger partial charge in [0.1, 0.15) is 5.78 Å². The van der Waals surface area contributed by atoms with E-state index in [0.717, 1.165) is 0 Å². The van der Waals surface area contributed by atoms with Gasteiger partial charge in [0.15, 0.2) is 0 Å². The van der Waals surface area contributed by atoms with Crippen LogP contribution in [0.15, 0.2) is 0 Å². The maximum Gasteiger partial charge on any atom is 0.204 e. The number of Topliss-reactive ketones (excluding diaryl/α,β-unsaturated/α-hetero) is 1. The zero-order chi connectivity index (χ0) is 15.9. The van der Waals surface area contributed by atoms with E-state index < -0.39 is 8.32 Å². The zero-order valence-corrected chi connectivity index (χ0v) is 16.0. The van der Waals surface area contributed by atoms with E-state index >= 15 is 0 Å². The molecule has 1 saturated heterocycles. The molecule has 3 heteroatoms. The van der Waals surface area contributed by atoms with Crippen molar-refractivity contribution in [2.75, 3.05) is 0 Å². The monoisotopic (exact) mass is 298 g/mol. The van der Waals surface area contributed by atoms with Gasteiger partial charge in [-0.25, -0.2) is 0 Å². The van der Waals surface area contributed by atoms with Crippen LogP contribution >= 0.6 is 0 Å². The fourth-order valence-corrected chi connectivity index (χ4v) is 10.5. The smallest absolute Gasteiger partial charge is 0.204 e. The first-order valence-electron chi connectivity index (χ1n) is 8.08. The molecule has 1 heterocycles. The molecular formula is C17H34O2Si. The molecule has 0 aliphatic carbocycles. The molecule has 0 aromatic heterocycles. The summed E-state index contributed by atoms with van der Waals surface area (Å²) in [6.07, 6.45) is 0.737. The molecule has 0 saturated carbocycles. The second kappa shape index (κ2) is 5.56. The van der Waals surface area contributed by atoms with Gasteiger partial charge < -0.3 is 4.43 Å². The van der Waals surface area contributed by atoms with Crippen LogP contribution in [-0.2, 0) is 9.22 Å². The molecule has 0 bridgehead atoms. The lowest BCUT2D eigenvalue weighted by molar-refractivity contribution is -0.125. The fraction of sp³-hybridized carbons (Fsp3) is 0.941. The predicted molar refractivity (Wildman–Crippen MR) is 88.5 cm³/mol. The lowest BCUT2D eigenvalue weighted by atomic mass is 9.90. The summed E-state index contributed by atoms with van der Waals surface area (Å²) in [6, 6.07) is 1.17. The lowest BCUT2D eigenvalue weighted by Crippen LogP contribution is -2.52. The van der Waals surface area contributed by atoms with Crippen molar-refractivity contribution in [1.29, 1.82) is 0 Å². The summed E-state index contributed by atoms with van der Waals surface area (Å²) < 4.78 is 6.79. The first kappa shape index (κ1) is 17.9. The summed E-state index contributed by atoms with van der Waals surface area (Å²) in [5.74, 6) is 0.870. The van der Waals surface area contributed by atoms with E-state index in [2.05, 4.69) is 55.4 Å². The van der Waals surface area contributed by atoms with Crippen molar-refractivity contribution in [2.24, 2.45) is 11.8 Å². The van der Waals surface area contributed by atoms with Gasteiger partial charge in [0, 0.05) is 12.3 Å². The Labute approximate surface area is 126 Å². The summed E-state index contributed by atoms with van der Waals surface area (Å²) in [5.41, 5.74) is 0. The van der Waals surface area contributed by atoms with E-state index in [1.54, 1.807) is 0 Å². The van der Waals surface area contributed by atoms with Gasteiger partial charge in [-0.15, -0.1) is 0 Å². The molecule has 2 nitrogen and oxygen atoms in total. The Balaban J connectivity index is 3.14. The predicted octanol–water partition coefficient (Wildman–Crippen LogP) is 5.18. The van der Waals surface area contributed by atoms with Gasteiger partial charge in [-0.1, -0.05) is 62.3 Å². The first-order chi connectivity index (χ1) is 8.87. The molecule has 1 aliphatic heterocycles.